The van der Waals surface area contributed by atoms with Crippen molar-refractivity contribution in [3.05, 3.63) is 18.6 Å². The van der Waals surface area contributed by atoms with Crippen LogP contribution in [0.25, 0.3) is 0 Å². The van der Waals surface area contributed by atoms with Crippen LogP contribution in [-0.2, 0) is 70.6 Å². The van der Waals surface area contributed by atoms with Crippen molar-refractivity contribution in [3.63, 3.8) is 0 Å². The molecule has 0 radical (unpaired) electrons. The van der Waals surface area contributed by atoms with Crippen LogP contribution in [0.1, 0.15) is 27.7 Å². The molecule has 4 nitrogen and oxygen atoms in total. The maximum absolute atomic E-state index is 5.67. The van der Waals surface area contributed by atoms with Crippen LogP contribution >= 0.6 is 64.4 Å². The van der Waals surface area contributed by atoms with Crippen molar-refractivity contribution in [2.24, 2.45) is 0 Å². The summed E-state index contributed by atoms with van der Waals surface area (Å²) in [7, 11) is 4.10. The number of thioether (sulfide) groups is 2. The summed E-state index contributed by atoms with van der Waals surface area (Å²) in [6.07, 6.45) is 4.88. The Kier molecular flexibility index (Phi) is 13.8. The minimum atomic E-state index is -1.53. The van der Waals surface area contributed by atoms with Gasteiger partial charge in [0.05, 0.1) is 0 Å². The Bertz CT molecular complexity index is 813. The number of thiol groups is 2. The van der Waals surface area contributed by atoms with E-state index in [2.05, 4.69) is 59.7 Å². The molecule has 0 bridgehead atoms. The number of thiocarbonyl (C=S) groups is 2. The number of rotatable bonds is 6. The van der Waals surface area contributed by atoms with Gasteiger partial charge in [0.1, 0.15) is 0 Å². The molecule has 14 heteroatoms. The third-order valence-electron chi connectivity index (χ3n) is 5.92. The van der Waals surface area contributed by atoms with E-state index >= 15 is 0 Å². The summed E-state index contributed by atoms with van der Waals surface area (Å²) >= 11 is 22.1. The number of nitrogens with zero attached hydrogens (tertiary/aromatic N) is 4. The molecule has 0 aromatic rings. The topological polar surface area (TPSA) is 13.0 Å². The molecule has 3 aliphatic heterocycles. The third-order valence-corrected chi connectivity index (χ3v) is 43.4. The number of hydrogen-bond acceptors (Lipinski definition) is 6. The van der Waals surface area contributed by atoms with Crippen LogP contribution in [0.3, 0.4) is 0 Å². The van der Waals surface area contributed by atoms with Gasteiger partial charge in [0, 0.05) is 0 Å². The van der Waals surface area contributed by atoms with E-state index < -0.39 is 46.1 Å². The predicted octanol–water partition coefficient (Wildman–Crippen LogP) is 3.97. The first-order valence-corrected chi connectivity index (χ1v) is 35.9. The average Bonchev–Trinajstić information content (AvgIpc) is 3.39. The van der Waals surface area contributed by atoms with Crippen LogP contribution in [-0.4, -0.2) is 86.7 Å². The molecule has 0 amide bonds. The van der Waals surface area contributed by atoms with E-state index in [0.717, 1.165) is 47.9 Å². The van der Waals surface area contributed by atoms with Crippen LogP contribution in [0, 0.1) is 0 Å². The molecule has 2 atom stereocenters. The summed E-state index contributed by atoms with van der Waals surface area (Å²) in [5, 5.41) is 0.958. The van der Waals surface area contributed by atoms with Gasteiger partial charge in [-0.1, -0.05) is 0 Å². The van der Waals surface area contributed by atoms with Crippen molar-refractivity contribution in [2.45, 2.75) is 38.2 Å². The Morgan fingerprint density at radius 3 is 1.44 bits per heavy atom. The molecule has 2 fully saturated rings. The Hall–Kier alpha value is 2.31. The van der Waals surface area contributed by atoms with E-state index in [4.69, 9.17) is 48.9 Å². The van der Waals surface area contributed by atoms with E-state index in [1.165, 1.54) is 8.64 Å². The van der Waals surface area contributed by atoms with Gasteiger partial charge in [-0.25, -0.2) is 0 Å². The van der Waals surface area contributed by atoms with Gasteiger partial charge >= 0.3 is 268 Å². The molecule has 3 rings (SSSR count). The first-order valence-electron chi connectivity index (χ1n) is 11.5. The van der Waals surface area contributed by atoms with Crippen molar-refractivity contribution in [3.8, 4) is 0 Å². The SMILES string of the molecule is CCN1C=[C](C2CN(CC)C(=S)S2)[Hg][S]C(=[SH+])N(CC)C=[C](C2CN(CC)C(=S)S2)[Hg][S]C1=[SH+]. The zero-order valence-electron chi connectivity index (χ0n) is 20.1. The van der Waals surface area contributed by atoms with Gasteiger partial charge in [0.25, 0.3) is 0 Å². The normalized spacial score (nSPS) is 24.6. The molecule has 34 heavy (non-hydrogen) atoms. The summed E-state index contributed by atoms with van der Waals surface area (Å²) in [6.45, 7) is 14.8. The van der Waals surface area contributed by atoms with Gasteiger partial charge in [-0.05, 0) is 0 Å². The molecule has 0 aromatic heterocycles. The molecule has 2 saturated heterocycles. The zero-order valence-corrected chi connectivity index (χ0v) is 37.8. The van der Waals surface area contributed by atoms with Crippen molar-refractivity contribution in [2.75, 3.05) is 39.3 Å². The molecule has 0 saturated carbocycles. The Morgan fingerprint density at radius 1 is 0.765 bits per heavy atom. The molecular weight excluding hydrogens is 954 g/mol. The van der Waals surface area contributed by atoms with Crippen LogP contribution in [0.4, 0.5) is 0 Å². The molecule has 0 N–H and O–H groups in total. The number of hydrogen-bond donors (Lipinski definition) is 0. The summed E-state index contributed by atoms with van der Waals surface area (Å²) in [6, 6.07) is 0. The van der Waals surface area contributed by atoms with E-state index in [-0.39, 0.29) is 0 Å². The predicted molar refractivity (Wildman–Crippen MR) is 166 cm³/mol. The Morgan fingerprint density at radius 2 is 1.15 bits per heavy atom. The first kappa shape index (κ1) is 30.8. The summed E-state index contributed by atoms with van der Waals surface area (Å²) in [5.41, 5.74) is 0. The molecule has 180 valence electrons. The van der Waals surface area contributed by atoms with Gasteiger partial charge in [-0.15, -0.1) is 0 Å². The average molecular weight is 984 g/mol. The van der Waals surface area contributed by atoms with Crippen LogP contribution in [0.15, 0.2) is 18.6 Å². The van der Waals surface area contributed by atoms with Crippen molar-refractivity contribution >= 4 is 106 Å². The zero-order chi connectivity index (χ0) is 24.8. The third kappa shape index (κ3) is 8.16. The molecule has 0 aromatic carbocycles. The van der Waals surface area contributed by atoms with E-state index in [0.29, 0.717) is 10.5 Å². The molecule has 0 spiro atoms. The summed E-state index contributed by atoms with van der Waals surface area (Å²) in [5.74, 6) is 0. The van der Waals surface area contributed by atoms with Gasteiger partial charge < -0.3 is 0 Å². The van der Waals surface area contributed by atoms with E-state index in [1.807, 2.05) is 40.0 Å². The van der Waals surface area contributed by atoms with Crippen molar-refractivity contribution in [1.29, 1.82) is 0 Å². The fraction of sp³-hybridized carbons (Fsp3) is 0.600. The van der Waals surface area contributed by atoms with Crippen LogP contribution in [0.5, 0.6) is 0 Å². The van der Waals surface area contributed by atoms with Crippen molar-refractivity contribution < 1.29 is 46.1 Å². The minimum absolute atomic E-state index is 0.479. The van der Waals surface area contributed by atoms with Crippen molar-refractivity contribution in [1.82, 2.24) is 19.6 Å². The summed E-state index contributed by atoms with van der Waals surface area (Å²) in [4.78, 5) is 9.47. The second kappa shape index (κ2) is 15.2. The van der Waals surface area contributed by atoms with Gasteiger partial charge in [-0.3, -0.25) is 0 Å². The second-order valence-electron chi connectivity index (χ2n) is 7.94. The Labute approximate surface area is 264 Å². The van der Waals surface area contributed by atoms with Crippen LogP contribution < -0.4 is 0 Å². The van der Waals surface area contributed by atoms with Gasteiger partial charge in [-0.2, -0.15) is 0 Å². The molecule has 3 aliphatic rings. The monoisotopic (exact) mass is 986 g/mol. The maximum atomic E-state index is 5.67. The van der Waals surface area contributed by atoms with Crippen LogP contribution in [0.2, 0.25) is 0 Å². The molecule has 2 unspecified atom stereocenters. The molecular formula is C20H30Hg2N4S8+2. The standard InChI is InChI=1S/2C10H15N2S4.2Hg/c2*1-3-11(9(13)14)6-5-8-7-12(4-2)10(15)16-8;;/h2*6,8H,3-4,7H2,1-2H3,(H,13,14);;/q;;2*+1. The van der Waals surface area contributed by atoms with E-state index in [9.17, 15) is 0 Å². The summed E-state index contributed by atoms with van der Waals surface area (Å²) < 4.78 is 7.69. The quantitative estimate of drug-likeness (QED) is 0.168. The fourth-order valence-electron chi connectivity index (χ4n) is 3.77. The fourth-order valence-corrected chi connectivity index (χ4v) is 37.7. The molecule has 0 aliphatic carbocycles. The van der Waals surface area contributed by atoms with Gasteiger partial charge in [0.15, 0.2) is 0 Å². The van der Waals surface area contributed by atoms with Gasteiger partial charge in [0.2, 0.25) is 0 Å². The Balaban J connectivity index is 1.86. The van der Waals surface area contributed by atoms with E-state index in [1.54, 1.807) is 6.16 Å². The molecule has 3 heterocycles. The second-order valence-corrected chi connectivity index (χ2v) is 34.8. The first-order chi connectivity index (χ1) is 16.3.